The van der Waals surface area contributed by atoms with Gasteiger partial charge in [-0.05, 0) is 29.7 Å². The Morgan fingerprint density at radius 3 is 2.62 bits per heavy atom. The van der Waals surface area contributed by atoms with Crippen molar-refractivity contribution in [2.45, 2.75) is 25.8 Å². The number of carbonyl (C=O) groups excluding carboxylic acids is 2. The maximum absolute atomic E-state index is 13.1. The molecule has 0 aliphatic carbocycles. The smallest absolute Gasteiger partial charge is 0.227 e. The second-order valence-corrected chi connectivity index (χ2v) is 8.73. The summed E-state index contributed by atoms with van der Waals surface area (Å²) in [5.41, 5.74) is 3.03. The Bertz CT molecular complexity index is 961. The van der Waals surface area contributed by atoms with Crippen LogP contribution in [0.15, 0.2) is 48.5 Å². The number of rotatable bonds is 7. The third-order valence-electron chi connectivity index (χ3n) is 6.38. The molecule has 2 fully saturated rings. The van der Waals surface area contributed by atoms with Crippen molar-refractivity contribution in [3.63, 3.8) is 0 Å². The van der Waals surface area contributed by atoms with Gasteiger partial charge < -0.3 is 15.0 Å². The molecule has 1 N–H and O–H groups in total. The number of aryl methyl sites for hydroxylation is 1. The summed E-state index contributed by atoms with van der Waals surface area (Å²) < 4.78 is 5.50. The number of benzene rings is 2. The predicted octanol–water partition coefficient (Wildman–Crippen LogP) is 3.45. The number of hydrogen-bond acceptors (Lipinski definition) is 4. The Balaban J connectivity index is 1.44. The zero-order valence-corrected chi connectivity index (χ0v) is 19.2. The summed E-state index contributed by atoms with van der Waals surface area (Å²) in [4.78, 5) is 29.8. The maximum Gasteiger partial charge on any atom is 0.227 e. The molecule has 6 nitrogen and oxygen atoms in total. The molecule has 2 aliphatic heterocycles. The van der Waals surface area contributed by atoms with Gasteiger partial charge in [0, 0.05) is 43.3 Å². The van der Waals surface area contributed by atoms with Crippen LogP contribution in [0, 0.1) is 5.92 Å². The molecule has 2 heterocycles. The van der Waals surface area contributed by atoms with Crippen molar-refractivity contribution < 1.29 is 14.3 Å². The molecule has 2 atom stereocenters. The maximum atomic E-state index is 13.1. The average Bonchev–Trinajstić information content (AvgIpc) is 3.22. The summed E-state index contributed by atoms with van der Waals surface area (Å²) >= 11 is 6.49. The molecule has 2 amide bonds. The van der Waals surface area contributed by atoms with E-state index in [2.05, 4.69) is 17.1 Å². The zero-order valence-electron chi connectivity index (χ0n) is 18.4. The number of nitrogens with zero attached hydrogens (tertiary/aromatic N) is 2. The topological polar surface area (TPSA) is 61.9 Å². The van der Waals surface area contributed by atoms with Crippen molar-refractivity contribution in [3.8, 4) is 0 Å². The molecule has 7 heteroatoms. The van der Waals surface area contributed by atoms with Gasteiger partial charge in [-0.15, -0.1) is 0 Å². The van der Waals surface area contributed by atoms with Crippen LogP contribution in [0.25, 0.3) is 0 Å². The van der Waals surface area contributed by atoms with Crippen LogP contribution < -0.4 is 10.2 Å². The van der Waals surface area contributed by atoms with E-state index in [1.807, 2.05) is 48.5 Å². The fraction of sp³-hybridized carbons (Fsp3) is 0.440. The van der Waals surface area contributed by atoms with E-state index >= 15 is 0 Å². The van der Waals surface area contributed by atoms with E-state index < -0.39 is 0 Å². The van der Waals surface area contributed by atoms with E-state index in [0.717, 1.165) is 36.3 Å². The van der Waals surface area contributed by atoms with Gasteiger partial charge in [0.2, 0.25) is 11.8 Å². The molecule has 2 aromatic rings. The minimum Gasteiger partial charge on any atom is -0.379 e. The molecule has 2 aromatic carbocycles. The lowest BCUT2D eigenvalue weighted by Gasteiger charge is -2.35. The van der Waals surface area contributed by atoms with Gasteiger partial charge in [0.1, 0.15) is 0 Å². The number of morpholine rings is 1. The van der Waals surface area contributed by atoms with Crippen LogP contribution in [-0.2, 0) is 20.7 Å². The van der Waals surface area contributed by atoms with E-state index in [1.54, 1.807) is 4.90 Å². The number of halogens is 1. The molecule has 0 radical (unpaired) electrons. The van der Waals surface area contributed by atoms with Crippen molar-refractivity contribution in [3.05, 3.63) is 64.7 Å². The van der Waals surface area contributed by atoms with E-state index in [4.69, 9.17) is 16.3 Å². The van der Waals surface area contributed by atoms with Gasteiger partial charge in [-0.2, -0.15) is 0 Å². The first-order valence-electron chi connectivity index (χ1n) is 11.3. The lowest BCUT2D eigenvalue weighted by molar-refractivity contribution is -0.126. The SMILES string of the molecule is CCc1ccccc1N1CC(C(=O)NCC(c2ccccc2Cl)N2CCOCC2)CC1=O. The molecular formula is C25H30ClN3O3. The summed E-state index contributed by atoms with van der Waals surface area (Å²) in [5.74, 6) is -0.439. The quantitative estimate of drug-likeness (QED) is 0.694. The molecule has 170 valence electrons. The fourth-order valence-corrected chi connectivity index (χ4v) is 4.86. The Morgan fingerprint density at radius 2 is 1.88 bits per heavy atom. The van der Waals surface area contributed by atoms with E-state index in [1.165, 1.54) is 0 Å². The lowest BCUT2D eigenvalue weighted by atomic mass is 10.0. The number of carbonyl (C=O) groups is 2. The number of nitrogens with one attached hydrogen (secondary N) is 1. The number of amides is 2. The van der Waals surface area contributed by atoms with Crippen LogP contribution in [0.4, 0.5) is 5.69 Å². The molecule has 0 aromatic heterocycles. The van der Waals surface area contributed by atoms with Gasteiger partial charge in [-0.1, -0.05) is 54.9 Å². The average molecular weight is 456 g/mol. The highest BCUT2D eigenvalue weighted by molar-refractivity contribution is 6.31. The van der Waals surface area contributed by atoms with Crippen LogP contribution in [0.1, 0.15) is 30.5 Å². The summed E-state index contributed by atoms with van der Waals surface area (Å²) in [5, 5.41) is 3.80. The Morgan fingerprint density at radius 1 is 1.16 bits per heavy atom. The zero-order chi connectivity index (χ0) is 22.5. The molecule has 0 spiro atoms. The van der Waals surface area contributed by atoms with Crippen LogP contribution in [0.2, 0.25) is 5.02 Å². The van der Waals surface area contributed by atoms with Crippen molar-refractivity contribution >= 4 is 29.1 Å². The summed E-state index contributed by atoms with van der Waals surface area (Å²) in [6.07, 6.45) is 1.08. The van der Waals surface area contributed by atoms with Gasteiger partial charge in [0.25, 0.3) is 0 Å². The van der Waals surface area contributed by atoms with Gasteiger partial charge in [-0.3, -0.25) is 14.5 Å². The van der Waals surface area contributed by atoms with Gasteiger partial charge in [0.05, 0.1) is 25.2 Å². The fourth-order valence-electron chi connectivity index (χ4n) is 4.60. The Labute approximate surface area is 194 Å². The van der Waals surface area contributed by atoms with Gasteiger partial charge in [-0.25, -0.2) is 0 Å². The molecule has 4 rings (SSSR count). The molecule has 2 unspecified atom stereocenters. The first-order valence-corrected chi connectivity index (χ1v) is 11.7. The van der Waals surface area contributed by atoms with Crippen LogP contribution in [0.5, 0.6) is 0 Å². The Kier molecular flexibility index (Phi) is 7.45. The van der Waals surface area contributed by atoms with Gasteiger partial charge in [0.15, 0.2) is 0 Å². The number of ether oxygens (including phenoxy) is 1. The molecule has 2 aliphatic rings. The van der Waals surface area contributed by atoms with Crippen LogP contribution in [0.3, 0.4) is 0 Å². The first-order chi connectivity index (χ1) is 15.6. The normalized spacial score (nSPS) is 20.4. The minimum absolute atomic E-state index is 0.00174. The second-order valence-electron chi connectivity index (χ2n) is 8.32. The van der Waals surface area contributed by atoms with Crippen molar-refractivity contribution in [2.24, 2.45) is 5.92 Å². The molecule has 0 saturated carbocycles. The number of para-hydroxylation sites is 1. The van der Waals surface area contributed by atoms with E-state index in [-0.39, 0.29) is 30.2 Å². The van der Waals surface area contributed by atoms with Crippen molar-refractivity contribution in [2.75, 3.05) is 44.3 Å². The van der Waals surface area contributed by atoms with E-state index in [0.29, 0.717) is 31.3 Å². The third-order valence-corrected chi connectivity index (χ3v) is 6.72. The van der Waals surface area contributed by atoms with Crippen LogP contribution in [-0.4, -0.2) is 56.1 Å². The summed E-state index contributed by atoms with van der Waals surface area (Å²) in [6, 6.07) is 15.6. The standard InChI is InChI=1S/C25H30ClN3O3/c1-2-18-7-3-6-10-22(18)29-17-19(15-24(29)30)25(31)27-16-23(28-11-13-32-14-12-28)20-8-4-5-9-21(20)26/h3-10,19,23H,2,11-17H2,1H3,(H,27,31). The largest absolute Gasteiger partial charge is 0.379 e. The number of hydrogen-bond donors (Lipinski definition) is 1. The number of anilines is 1. The van der Waals surface area contributed by atoms with Gasteiger partial charge >= 0.3 is 0 Å². The van der Waals surface area contributed by atoms with Crippen LogP contribution >= 0.6 is 11.6 Å². The highest BCUT2D eigenvalue weighted by Crippen LogP contribution is 2.30. The molecular weight excluding hydrogens is 426 g/mol. The Hall–Kier alpha value is -2.41. The van der Waals surface area contributed by atoms with Crippen molar-refractivity contribution in [1.82, 2.24) is 10.2 Å². The highest BCUT2D eigenvalue weighted by Gasteiger charge is 2.36. The first kappa shape index (κ1) is 22.8. The molecule has 2 saturated heterocycles. The predicted molar refractivity (Wildman–Crippen MR) is 126 cm³/mol. The molecule has 0 bridgehead atoms. The highest BCUT2D eigenvalue weighted by atomic mass is 35.5. The molecule has 32 heavy (non-hydrogen) atoms. The summed E-state index contributed by atoms with van der Waals surface area (Å²) in [7, 11) is 0. The minimum atomic E-state index is -0.357. The lowest BCUT2D eigenvalue weighted by Crippen LogP contribution is -2.45. The summed E-state index contributed by atoms with van der Waals surface area (Å²) in [6.45, 7) is 5.83. The third kappa shape index (κ3) is 4.98. The monoisotopic (exact) mass is 455 g/mol. The van der Waals surface area contributed by atoms with E-state index in [9.17, 15) is 9.59 Å². The second kappa shape index (κ2) is 10.5. The van der Waals surface area contributed by atoms with Crippen molar-refractivity contribution in [1.29, 1.82) is 0 Å².